The third-order valence-corrected chi connectivity index (χ3v) is 3.83. The van der Waals surface area contributed by atoms with E-state index < -0.39 is 0 Å². The lowest BCUT2D eigenvalue weighted by Crippen LogP contribution is -2.08. The largest absolute Gasteiger partial charge is 0.497 e. The Balaban J connectivity index is 1.89. The lowest BCUT2D eigenvalue weighted by Gasteiger charge is -2.13. The maximum Gasteiger partial charge on any atom is 0.134 e. The third-order valence-electron chi connectivity index (χ3n) is 3.83. The first-order valence-electron chi connectivity index (χ1n) is 7.32. The van der Waals surface area contributed by atoms with E-state index in [9.17, 15) is 0 Å². The van der Waals surface area contributed by atoms with Crippen molar-refractivity contribution >= 4 is 16.8 Å². The number of aryl methyl sites for hydroxylation is 1. The molecule has 5 heteroatoms. The number of furan rings is 1. The Labute approximate surface area is 134 Å². The number of methoxy groups -OCH3 is 1. The van der Waals surface area contributed by atoms with Crippen LogP contribution in [0.1, 0.15) is 29.9 Å². The average Bonchev–Trinajstić information content (AvgIpc) is 2.92. The molecule has 3 rings (SSSR count). The number of anilines is 1. The van der Waals surface area contributed by atoms with Crippen LogP contribution in [-0.2, 0) is 0 Å². The zero-order valence-electron chi connectivity index (χ0n) is 13.3. The first-order chi connectivity index (χ1) is 11.1. The zero-order chi connectivity index (χ0) is 16.4. The molecule has 2 aromatic heterocycles. The number of nitrogens with one attached hydrogen (secondary N) is 1. The van der Waals surface area contributed by atoms with Crippen LogP contribution in [0.5, 0.6) is 5.75 Å². The van der Waals surface area contributed by atoms with Crippen LogP contribution >= 0.6 is 0 Å². The summed E-state index contributed by atoms with van der Waals surface area (Å²) in [5, 5.41) is 13.1. The average molecular weight is 307 g/mol. The van der Waals surface area contributed by atoms with Gasteiger partial charge in [-0.1, -0.05) is 0 Å². The quantitative estimate of drug-likeness (QED) is 0.782. The number of aromatic nitrogens is 1. The van der Waals surface area contributed by atoms with E-state index in [0.717, 1.165) is 28.0 Å². The fraction of sp³-hybridized carbons (Fsp3) is 0.222. The van der Waals surface area contributed by atoms with E-state index in [4.69, 9.17) is 14.4 Å². The van der Waals surface area contributed by atoms with Gasteiger partial charge in [-0.3, -0.25) is 0 Å². The topological polar surface area (TPSA) is 71.1 Å². The van der Waals surface area contributed by atoms with Gasteiger partial charge in [0, 0.05) is 17.1 Å². The highest BCUT2D eigenvalue weighted by atomic mass is 16.5. The Morgan fingerprint density at radius 1 is 1.30 bits per heavy atom. The van der Waals surface area contributed by atoms with Crippen LogP contribution in [0.4, 0.5) is 5.82 Å². The van der Waals surface area contributed by atoms with Crippen LogP contribution in [0.2, 0.25) is 0 Å². The molecular weight excluding hydrogens is 290 g/mol. The van der Waals surface area contributed by atoms with Gasteiger partial charge in [0.15, 0.2) is 0 Å². The zero-order valence-corrected chi connectivity index (χ0v) is 13.3. The standard InChI is InChI=1S/C18H17N3O2/c1-11-15-8-14(22-3)5-6-16(15)23-18(11)12(2)21-17-7-4-13(9-19)10-20-17/h4-8,10,12H,1-3H3,(H,20,21). The molecule has 2 heterocycles. The summed E-state index contributed by atoms with van der Waals surface area (Å²) in [5.74, 6) is 2.37. The van der Waals surface area contributed by atoms with E-state index in [2.05, 4.69) is 16.4 Å². The minimum atomic E-state index is -0.0474. The maximum absolute atomic E-state index is 8.81. The molecular formula is C18H17N3O2. The number of benzene rings is 1. The summed E-state index contributed by atoms with van der Waals surface area (Å²) in [4.78, 5) is 4.23. The summed E-state index contributed by atoms with van der Waals surface area (Å²) in [7, 11) is 1.65. The van der Waals surface area contributed by atoms with E-state index in [1.165, 1.54) is 0 Å². The Hall–Kier alpha value is -3.00. The summed E-state index contributed by atoms with van der Waals surface area (Å²) in [6, 6.07) is 11.3. The Morgan fingerprint density at radius 2 is 2.13 bits per heavy atom. The smallest absolute Gasteiger partial charge is 0.134 e. The van der Waals surface area contributed by atoms with E-state index >= 15 is 0 Å². The molecule has 0 saturated heterocycles. The van der Waals surface area contributed by atoms with E-state index in [1.807, 2.05) is 32.0 Å². The molecule has 0 aliphatic carbocycles. The highest BCUT2D eigenvalue weighted by Gasteiger charge is 2.17. The predicted octanol–water partition coefficient (Wildman–Crippen LogP) is 4.19. The van der Waals surface area contributed by atoms with Crippen molar-refractivity contribution in [1.82, 2.24) is 4.98 Å². The minimum Gasteiger partial charge on any atom is -0.497 e. The van der Waals surface area contributed by atoms with Crippen molar-refractivity contribution in [2.24, 2.45) is 0 Å². The molecule has 1 aromatic carbocycles. The van der Waals surface area contributed by atoms with Gasteiger partial charge in [0.05, 0.1) is 18.7 Å². The molecule has 116 valence electrons. The second-order valence-electron chi connectivity index (χ2n) is 5.36. The number of nitriles is 1. The van der Waals surface area contributed by atoms with Crippen LogP contribution in [0, 0.1) is 18.3 Å². The second-order valence-corrected chi connectivity index (χ2v) is 5.36. The van der Waals surface area contributed by atoms with Gasteiger partial charge in [0.25, 0.3) is 0 Å². The molecule has 5 nitrogen and oxygen atoms in total. The highest BCUT2D eigenvalue weighted by molar-refractivity contribution is 5.83. The van der Waals surface area contributed by atoms with Crippen LogP contribution < -0.4 is 10.1 Å². The normalized spacial score (nSPS) is 11.9. The number of fused-ring (bicyclic) bond motifs is 1. The fourth-order valence-electron chi connectivity index (χ4n) is 2.59. The van der Waals surface area contributed by atoms with E-state index in [0.29, 0.717) is 11.4 Å². The molecule has 0 bridgehead atoms. The number of hydrogen-bond acceptors (Lipinski definition) is 5. The van der Waals surface area contributed by atoms with Gasteiger partial charge in [-0.25, -0.2) is 4.98 Å². The molecule has 1 atom stereocenters. The van der Waals surface area contributed by atoms with Crippen molar-refractivity contribution in [3.8, 4) is 11.8 Å². The van der Waals surface area contributed by atoms with E-state index in [1.54, 1.807) is 25.4 Å². The number of rotatable bonds is 4. The van der Waals surface area contributed by atoms with Gasteiger partial charge < -0.3 is 14.5 Å². The molecule has 0 amide bonds. The maximum atomic E-state index is 8.81. The molecule has 0 radical (unpaired) electrons. The molecule has 1 unspecified atom stereocenters. The SMILES string of the molecule is COc1ccc2oc(C(C)Nc3ccc(C#N)cn3)c(C)c2c1. The van der Waals surface area contributed by atoms with Gasteiger partial charge in [0.2, 0.25) is 0 Å². The summed E-state index contributed by atoms with van der Waals surface area (Å²) < 4.78 is 11.2. The number of pyridine rings is 1. The van der Waals surface area contributed by atoms with Crippen LogP contribution in [-0.4, -0.2) is 12.1 Å². The molecule has 0 fully saturated rings. The lowest BCUT2D eigenvalue weighted by molar-refractivity contribution is 0.415. The van der Waals surface area contributed by atoms with E-state index in [-0.39, 0.29) is 6.04 Å². The molecule has 0 saturated carbocycles. The Bertz CT molecular complexity index is 876. The molecule has 23 heavy (non-hydrogen) atoms. The second kappa shape index (κ2) is 6.01. The number of hydrogen-bond donors (Lipinski definition) is 1. The van der Waals surface area contributed by atoms with Gasteiger partial charge in [0.1, 0.15) is 29.0 Å². The van der Waals surface area contributed by atoms with Crippen molar-refractivity contribution < 1.29 is 9.15 Å². The van der Waals surface area contributed by atoms with Crippen molar-refractivity contribution in [1.29, 1.82) is 5.26 Å². The minimum absolute atomic E-state index is 0.0474. The van der Waals surface area contributed by atoms with Gasteiger partial charge in [-0.05, 0) is 44.2 Å². The van der Waals surface area contributed by atoms with Crippen molar-refractivity contribution in [3.05, 3.63) is 53.4 Å². The fourth-order valence-corrected chi connectivity index (χ4v) is 2.59. The summed E-state index contributed by atoms with van der Waals surface area (Å²) in [5.41, 5.74) is 2.45. The number of nitrogens with zero attached hydrogens (tertiary/aromatic N) is 2. The molecule has 3 aromatic rings. The number of ether oxygens (including phenoxy) is 1. The highest BCUT2D eigenvalue weighted by Crippen LogP contribution is 2.32. The third kappa shape index (κ3) is 2.84. The molecule has 0 spiro atoms. The summed E-state index contributed by atoms with van der Waals surface area (Å²) >= 11 is 0. The van der Waals surface area contributed by atoms with Gasteiger partial charge in [-0.2, -0.15) is 5.26 Å². The first-order valence-corrected chi connectivity index (χ1v) is 7.32. The van der Waals surface area contributed by atoms with Crippen LogP contribution in [0.25, 0.3) is 11.0 Å². The van der Waals surface area contributed by atoms with Crippen LogP contribution in [0.3, 0.4) is 0 Å². The van der Waals surface area contributed by atoms with Gasteiger partial charge >= 0.3 is 0 Å². The van der Waals surface area contributed by atoms with Crippen molar-refractivity contribution in [2.45, 2.75) is 19.9 Å². The predicted molar refractivity (Wildman–Crippen MR) is 88.5 cm³/mol. The molecule has 0 aliphatic rings. The molecule has 1 N–H and O–H groups in total. The van der Waals surface area contributed by atoms with Gasteiger partial charge in [-0.15, -0.1) is 0 Å². The molecule has 0 aliphatic heterocycles. The Kier molecular flexibility index (Phi) is 3.90. The summed E-state index contributed by atoms with van der Waals surface area (Å²) in [6.07, 6.45) is 1.55. The lowest BCUT2D eigenvalue weighted by atomic mass is 10.1. The monoisotopic (exact) mass is 307 g/mol. The first kappa shape index (κ1) is 14.9. The van der Waals surface area contributed by atoms with Crippen LogP contribution in [0.15, 0.2) is 40.9 Å². The summed E-state index contributed by atoms with van der Waals surface area (Å²) in [6.45, 7) is 4.05. The van der Waals surface area contributed by atoms with Crippen molar-refractivity contribution in [2.75, 3.05) is 12.4 Å². The van der Waals surface area contributed by atoms with Crippen molar-refractivity contribution in [3.63, 3.8) is 0 Å². The Morgan fingerprint density at radius 3 is 2.78 bits per heavy atom.